The van der Waals surface area contributed by atoms with Crippen LogP contribution >= 0.6 is 0 Å². The van der Waals surface area contributed by atoms with Crippen molar-refractivity contribution < 1.29 is 28.2 Å². The van der Waals surface area contributed by atoms with Crippen LogP contribution in [0.1, 0.15) is 70.4 Å². The molecule has 2 aliphatic carbocycles. The molecule has 0 radical (unpaired) electrons. The van der Waals surface area contributed by atoms with Crippen LogP contribution < -0.4 is 9.47 Å². The normalized spacial score (nSPS) is 20.2. The lowest BCUT2D eigenvalue weighted by Gasteiger charge is -2.49. The number of allylic oxidation sites excluding steroid dienone is 4. The van der Waals surface area contributed by atoms with E-state index in [-0.39, 0.29) is 34.8 Å². The molecule has 5 rings (SSSR count). The van der Waals surface area contributed by atoms with Gasteiger partial charge in [0.15, 0.2) is 23.1 Å². The Morgan fingerprint density at radius 3 is 2.05 bits per heavy atom. The topological polar surface area (TPSA) is 65.1 Å². The highest BCUT2D eigenvalue weighted by Gasteiger charge is 2.49. The highest BCUT2D eigenvalue weighted by molar-refractivity contribution is 6.06. The zero-order chi connectivity index (χ0) is 29.5. The summed E-state index contributed by atoms with van der Waals surface area (Å²) in [7, 11) is 3.24. The van der Waals surface area contributed by atoms with Crippen molar-refractivity contribution in [2.45, 2.75) is 65.9 Å². The SMILES string of the molecule is COCCN1C2=C(C(=O)CC(C)(C)C2)C(c2ccc(OCc3cccc(F)c3)c(OC)c2)C2=C1CC(C)(C)CC2=O. The number of nitrogens with zero attached hydrogens (tertiary/aromatic N) is 1. The molecule has 0 unspecified atom stereocenters. The monoisotopic (exact) mass is 561 g/mol. The second-order valence-electron chi connectivity index (χ2n) is 13.0. The summed E-state index contributed by atoms with van der Waals surface area (Å²) in [6, 6.07) is 11.9. The lowest BCUT2D eigenvalue weighted by atomic mass is 9.63. The van der Waals surface area contributed by atoms with E-state index in [1.54, 1.807) is 26.4 Å². The summed E-state index contributed by atoms with van der Waals surface area (Å²) < 4.78 is 30.9. The van der Waals surface area contributed by atoms with E-state index in [0.717, 1.165) is 29.8 Å². The summed E-state index contributed by atoms with van der Waals surface area (Å²) in [5, 5.41) is 0. The van der Waals surface area contributed by atoms with Crippen LogP contribution in [0.4, 0.5) is 4.39 Å². The Kier molecular flexibility index (Phi) is 7.86. The first kappa shape index (κ1) is 29.1. The van der Waals surface area contributed by atoms with Gasteiger partial charge in [0, 0.05) is 55.0 Å². The van der Waals surface area contributed by atoms with Gasteiger partial charge in [-0.15, -0.1) is 0 Å². The van der Waals surface area contributed by atoms with Gasteiger partial charge in [0.25, 0.3) is 0 Å². The van der Waals surface area contributed by atoms with Crippen molar-refractivity contribution in [1.82, 2.24) is 4.90 Å². The molecule has 41 heavy (non-hydrogen) atoms. The molecule has 0 saturated heterocycles. The van der Waals surface area contributed by atoms with Crippen LogP contribution in [0.5, 0.6) is 11.5 Å². The summed E-state index contributed by atoms with van der Waals surface area (Å²) >= 11 is 0. The first-order valence-corrected chi connectivity index (χ1v) is 14.3. The molecule has 1 aliphatic heterocycles. The van der Waals surface area contributed by atoms with E-state index >= 15 is 0 Å². The number of ether oxygens (including phenoxy) is 3. The minimum absolute atomic E-state index is 0.0817. The average Bonchev–Trinajstić information content (AvgIpc) is 2.89. The molecule has 2 aromatic carbocycles. The third-order valence-corrected chi connectivity index (χ3v) is 8.35. The van der Waals surface area contributed by atoms with Gasteiger partial charge in [0.05, 0.1) is 13.7 Å². The van der Waals surface area contributed by atoms with Crippen molar-refractivity contribution in [3.8, 4) is 11.5 Å². The predicted molar refractivity (Wildman–Crippen MR) is 155 cm³/mol. The fraction of sp³-hybridized carbons (Fsp3) is 0.471. The largest absolute Gasteiger partial charge is 0.493 e. The van der Waals surface area contributed by atoms with E-state index in [2.05, 4.69) is 32.6 Å². The van der Waals surface area contributed by atoms with Crippen LogP contribution in [0.25, 0.3) is 0 Å². The minimum atomic E-state index is -0.475. The van der Waals surface area contributed by atoms with E-state index < -0.39 is 5.92 Å². The Morgan fingerprint density at radius 2 is 1.49 bits per heavy atom. The number of benzene rings is 2. The Balaban J connectivity index is 1.61. The maximum absolute atomic E-state index is 13.9. The number of carbonyl (C=O) groups excluding carboxylic acids is 2. The number of Topliss-reactive ketones (excluding diaryl/α,β-unsaturated/α-hetero) is 2. The first-order valence-electron chi connectivity index (χ1n) is 14.3. The summed E-state index contributed by atoms with van der Waals surface area (Å²) in [4.78, 5) is 30.1. The molecule has 7 heteroatoms. The third-order valence-electron chi connectivity index (χ3n) is 8.35. The zero-order valence-corrected chi connectivity index (χ0v) is 24.9. The lowest BCUT2D eigenvalue weighted by molar-refractivity contribution is -0.119. The number of ketones is 2. The molecule has 0 N–H and O–H groups in total. The summed E-state index contributed by atoms with van der Waals surface area (Å²) in [6.07, 6.45) is 2.33. The van der Waals surface area contributed by atoms with Gasteiger partial charge in [-0.25, -0.2) is 4.39 Å². The molecular formula is C34H40FNO5. The third kappa shape index (κ3) is 5.82. The smallest absolute Gasteiger partial charge is 0.162 e. The molecule has 0 amide bonds. The standard InChI is InChI=1S/C34H40FNO5/c1-33(2)16-24-31(26(37)18-33)30(32-25(36(24)12-13-39-5)17-34(3,4)19-27(32)38)22-10-11-28(29(15-22)40-6)41-20-21-8-7-9-23(35)14-21/h7-11,14-15,30H,12-13,16-20H2,1-6H3. The summed E-state index contributed by atoms with van der Waals surface area (Å²) in [5.74, 6) is 0.374. The van der Waals surface area contributed by atoms with Crippen molar-refractivity contribution in [1.29, 1.82) is 0 Å². The molecule has 6 nitrogen and oxygen atoms in total. The molecule has 0 spiro atoms. The predicted octanol–water partition coefficient (Wildman–Crippen LogP) is 6.75. The van der Waals surface area contributed by atoms with Gasteiger partial charge in [-0.05, 0) is 59.1 Å². The number of halogens is 1. The minimum Gasteiger partial charge on any atom is -0.493 e. The summed E-state index contributed by atoms with van der Waals surface area (Å²) in [6.45, 7) is 9.78. The van der Waals surface area contributed by atoms with Crippen molar-refractivity contribution in [2.24, 2.45) is 10.8 Å². The number of methoxy groups -OCH3 is 2. The zero-order valence-electron chi connectivity index (χ0n) is 24.9. The van der Waals surface area contributed by atoms with E-state index in [0.29, 0.717) is 54.2 Å². The van der Waals surface area contributed by atoms with E-state index in [9.17, 15) is 14.0 Å². The number of hydrogen-bond donors (Lipinski definition) is 0. The van der Waals surface area contributed by atoms with Gasteiger partial charge in [0.1, 0.15) is 12.4 Å². The van der Waals surface area contributed by atoms with Gasteiger partial charge < -0.3 is 19.1 Å². The molecule has 0 saturated carbocycles. The molecule has 3 aliphatic rings. The second kappa shape index (κ2) is 11.1. The van der Waals surface area contributed by atoms with Crippen molar-refractivity contribution in [3.05, 3.63) is 81.9 Å². The molecule has 1 heterocycles. The lowest BCUT2D eigenvalue weighted by Crippen LogP contribution is -2.45. The van der Waals surface area contributed by atoms with E-state index in [1.807, 2.05) is 18.2 Å². The van der Waals surface area contributed by atoms with Gasteiger partial charge in [-0.3, -0.25) is 9.59 Å². The number of carbonyl (C=O) groups is 2. The Morgan fingerprint density at radius 1 is 0.854 bits per heavy atom. The quantitative estimate of drug-likeness (QED) is 0.356. The van der Waals surface area contributed by atoms with Crippen LogP contribution in [0.15, 0.2) is 65.0 Å². The Hall–Kier alpha value is -3.45. The van der Waals surface area contributed by atoms with Crippen molar-refractivity contribution in [2.75, 3.05) is 27.4 Å². The van der Waals surface area contributed by atoms with Gasteiger partial charge in [-0.2, -0.15) is 0 Å². The van der Waals surface area contributed by atoms with Crippen LogP contribution in [-0.4, -0.2) is 43.8 Å². The van der Waals surface area contributed by atoms with Crippen molar-refractivity contribution in [3.63, 3.8) is 0 Å². The molecule has 0 atom stereocenters. The fourth-order valence-corrected chi connectivity index (χ4v) is 6.60. The Labute approximate surface area is 242 Å². The number of rotatable bonds is 8. The van der Waals surface area contributed by atoms with Gasteiger partial charge in [0.2, 0.25) is 0 Å². The molecule has 0 fully saturated rings. The maximum atomic E-state index is 13.9. The van der Waals surface area contributed by atoms with Gasteiger partial charge in [-0.1, -0.05) is 45.9 Å². The molecule has 0 aromatic heterocycles. The molecule has 0 bridgehead atoms. The maximum Gasteiger partial charge on any atom is 0.162 e. The summed E-state index contributed by atoms with van der Waals surface area (Å²) in [5.41, 5.74) is 4.58. The fourth-order valence-electron chi connectivity index (χ4n) is 6.60. The molecule has 2 aromatic rings. The van der Waals surface area contributed by atoms with Crippen LogP contribution in [0, 0.1) is 16.6 Å². The van der Waals surface area contributed by atoms with Crippen LogP contribution in [0.2, 0.25) is 0 Å². The van der Waals surface area contributed by atoms with E-state index in [1.165, 1.54) is 12.1 Å². The average molecular weight is 562 g/mol. The molecular weight excluding hydrogens is 521 g/mol. The van der Waals surface area contributed by atoms with Crippen LogP contribution in [0.3, 0.4) is 0 Å². The molecule has 218 valence electrons. The highest BCUT2D eigenvalue weighted by atomic mass is 19.1. The van der Waals surface area contributed by atoms with Crippen LogP contribution in [-0.2, 0) is 20.9 Å². The number of hydrogen-bond acceptors (Lipinski definition) is 6. The van der Waals surface area contributed by atoms with Crippen molar-refractivity contribution >= 4 is 11.6 Å². The highest BCUT2D eigenvalue weighted by Crippen LogP contribution is 2.54. The Bertz CT molecular complexity index is 1380. The van der Waals surface area contributed by atoms with Gasteiger partial charge >= 0.3 is 0 Å². The van der Waals surface area contributed by atoms with E-state index in [4.69, 9.17) is 14.2 Å². The first-order chi connectivity index (χ1) is 19.4. The second-order valence-corrected chi connectivity index (χ2v) is 13.0.